The number of benzene rings is 1. The number of anilines is 1. The highest BCUT2D eigenvalue weighted by molar-refractivity contribution is 5.41. The third-order valence-corrected chi connectivity index (χ3v) is 1.28. The minimum absolute atomic E-state index is 0.150. The molecule has 0 heterocycles. The summed E-state index contributed by atoms with van der Waals surface area (Å²) in [7, 11) is 0. The Kier molecular flexibility index (Phi) is 4.26. The number of aryl methyl sites for hydroxylation is 1. The molecule has 0 saturated carbocycles. The molecule has 0 aliphatic heterocycles. The summed E-state index contributed by atoms with van der Waals surface area (Å²) in [6.07, 6.45) is 0. The summed E-state index contributed by atoms with van der Waals surface area (Å²) in [4.78, 5) is 0. The summed E-state index contributed by atoms with van der Waals surface area (Å²) in [5, 5.41) is 0. The van der Waals surface area contributed by atoms with Crippen molar-refractivity contribution >= 4 is 5.69 Å². The van der Waals surface area contributed by atoms with Crippen molar-refractivity contribution in [2.24, 2.45) is 0 Å². The largest absolute Gasteiger partial charge is 0.396 e. The first-order valence-electron chi connectivity index (χ1n) is 3.82. The molecule has 0 saturated heterocycles. The van der Waals surface area contributed by atoms with Gasteiger partial charge in [-0.15, -0.1) is 0 Å². The minimum atomic E-state index is -0.570. The fourth-order valence-corrected chi connectivity index (χ4v) is 0.662. The maximum atomic E-state index is 12.5. The second-order valence-electron chi connectivity index (χ2n) is 2.12. The van der Waals surface area contributed by atoms with Gasteiger partial charge in [0.1, 0.15) is 11.6 Å². The number of halogens is 2. The molecule has 0 aromatic heterocycles. The van der Waals surface area contributed by atoms with Crippen molar-refractivity contribution in [3.05, 3.63) is 29.3 Å². The topological polar surface area (TPSA) is 26.0 Å². The summed E-state index contributed by atoms with van der Waals surface area (Å²) >= 11 is 0. The highest BCUT2D eigenvalue weighted by Crippen LogP contribution is 2.14. The van der Waals surface area contributed by atoms with Crippen molar-refractivity contribution in [1.82, 2.24) is 0 Å². The van der Waals surface area contributed by atoms with Gasteiger partial charge < -0.3 is 5.73 Å². The first-order chi connectivity index (χ1) is 5.61. The third-order valence-electron chi connectivity index (χ3n) is 1.28. The van der Waals surface area contributed by atoms with E-state index in [9.17, 15) is 8.78 Å². The van der Waals surface area contributed by atoms with E-state index in [1.54, 1.807) is 0 Å². The Hall–Kier alpha value is -1.12. The van der Waals surface area contributed by atoms with E-state index >= 15 is 0 Å². The monoisotopic (exact) mass is 173 g/mol. The molecule has 0 fully saturated rings. The zero-order chi connectivity index (χ0) is 9.72. The standard InChI is InChI=1S/C7H7F2N.C2H6/c1-4-2-6(9)7(10)3-5(4)8;1-2/h2-3H,10H2,1H3;1-2H3. The molecule has 0 atom stereocenters. The fourth-order valence-electron chi connectivity index (χ4n) is 0.662. The van der Waals surface area contributed by atoms with Gasteiger partial charge in [-0.3, -0.25) is 0 Å². The summed E-state index contributed by atoms with van der Waals surface area (Å²) in [5.41, 5.74) is 5.19. The van der Waals surface area contributed by atoms with Gasteiger partial charge in [0, 0.05) is 6.07 Å². The normalized spacial score (nSPS) is 8.75. The van der Waals surface area contributed by atoms with Crippen LogP contribution in [-0.2, 0) is 0 Å². The van der Waals surface area contributed by atoms with Gasteiger partial charge in [0.25, 0.3) is 0 Å². The molecule has 0 aliphatic rings. The van der Waals surface area contributed by atoms with Gasteiger partial charge in [0.2, 0.25) is 0 Å². The summed E-state index contributed by atoms with van der Waals surface area (Å²) < 4.78 is 25.0. The van der Waals surface area contributed by atoms with Crippen LogP contribution in [0.2, 0.25) is 0 Å². The van der Waals surface area contributed by atoms with E-state index in [-0.39, 0.29) is 11.3 Å². The van der Waals surface area contributed by atoms with Crippen LogP contribution in [0.1, 0.15) is 19.4 Å². The second kappa shape index (κ2) is 4.70. The van der Waals surface area contributed by atoms with Crippen LogP contribution in [0.5, 0.6) is 0 Å². The Morgan fingerprint density at radius 3 is 2.00 bits per heavy atom. The van der Waals surface area contributed by atoms with Crippen molar-refractivity contribution in [1.29, 1.82) is 0 Å². The highest BCUT2D eigenvalue weighted by atomic mass is 19.1. The molecule has 0 spiro atoms. The van der Waals surface area contributed by atoms with Crippen molar-refractivity contribution in [3.8, 4) is 0 Å². The number of hydrogen-bond donors (Lipinski definition) is 1. The molecule has 1 aromatic rings. The summed E-state index contributed by atoms with van der Waals surface area (Å²) in [6.45, 7) is 5.48. The van der Waals surface area contributed by atoms with Crippen molar-refractivity contribution in [2.75, 3.05) is 5.73 Å². The van der Waals surface area contributed by atoms with Crippen LogP contribution < -0.4 is 5.73 Å². The van der Waals surface area contributed by atoms with Crippen LogP contribution in [0.4, 0.5) is 14.5 Å². The second-order valence-corrected chi connectivity index (χ2v) is 2.12. The lowest BCUT2D eigenvalue weighted by atomic mass is 10.2. The number of rotatable bonds is 0. The molecule has 0 bridgehead atoms. The van der Waals surface area contributed by atoms with Crippen LogP contribution in [0, 0.1) is 18.6 Å². The fraction of sp³-hybridized carbons (Fsp3) is 0.333. The van der Waals surface area contributed by atoms with E-state index in [1.165, 1.54) is 6.92 Å². The van der Waals surface area contributed by atoms with Gasteiger partial charge in [-0.1, -0.05) is 13.8 Å². The average Bonchev–Trinajstić information content (AvgIpc) is 2.05. The Morgan fingerprint density at radius 1 is 1.08 bits per heavy atom. The van der Waals surface area contributed by atoms with E-state index in [4.69, 9.17) is 5.73 Å². The van der Waals surface area contributed by atoms with Crippen LogP contribution >= 0.6 is 0 Å². The maximum Gasteiger partial charge on any atom is 0.146 e. The molecule has 0 aliphatic carbocycles. The summed E-state index contributed by atoms with van der Waals surface area (Å²) in [5.74, 6) is -1.04. The average molecular weight is 173 g/mol. The molecule has 0 amide bonds. The van der Waals surface area contributed by atoms with Crippen molar-refractivity contribution < 1.29 is 8.78 Å². The highest BCUT2D eigenvalue weighted by Gasteiger charge is 2.02. The quantitative estimate of drug-likeness (QED) is 0.600. The Balaban J connectivity index is 0.000000561. The van der Waals surface area contributed by atoms with Gasteiger partial charge in [0.05, 0.1) is 5.69 Å². The maximum absolute atomic E-state index is 12.5. The number of nitrogen functional groups attached to an aromatic ring is 1. The SMILES string of the molecule is CC.Cc1cc(F)c(N)cc1F. The molecule has 0 unspecified atom stereocenters. The Bertz CT molecular complexity index is 209. The predicted octanol–water partition coefficient (Wildman–Crippen LogP) is 2.88. The first-order valence-corrected chi connectivity index (χ1v) is 3.82. The minimum Gasteiger partial charge on any atom is -0.396 e. The zero-order valence-electron chi connectivity index (χ0n) is 7.49. The Labute approximate surface area is 71.2 Å². The van der Waals surface area contributed by atoms with Crippen molar-refractivity contribution in [3.63, 3.8) is 0 Å². The molecule has 68 valence electrons. The Morgan fingerprint density at radius 2 is 1.58 bits per heavy atom. The predicted molar refractivity (Wildman–Crippen MR) is 46.9 cm³/mol. The van der Waals surface area contributed by atoms with E-state index < -0.39 is 11.6 Å². The van der Waals surface area contributed by atoms with Crippen LogP contribution in [0.3, 0.4) is 0 Å². The lowest BCUT2D eigenvalue weighted by Crippen LogP contribution is -1.93. The number of nitrogens with two attached hydrogens (primary N) is 1. The van der Waals surface area contributed by atoms with E-state index in [0.717, 1.165) is 12.1 Å². The molecule has 0 radical (unpaired) electrons. The van der Waals surface area contributed by atoms with Gasteiger partial charge in [-0.25, -0.2) is 8.78 Å². The van der Waals surface area contributed by atoms with Crippen LogP contribution in [0.25, 0.3) is 0 Å². The molecule has 1 rings (SSSR count). The molecule has 12 heavy (non-hydrogen) atoms. The first kappa shape index (κ1) is 10.9. The van der Waals surface area contributed by atoms with Crippen LogP contribution in [-0.4, -0.2) is 0 Å². The van der Waals surface area contributed by atoms with Gasteiger partial charge in [-0.2, -0.15) is 0 Å². The molecule has 3 heteroatoms. The lowest BCUT2D eigenvalue weighted by molar-refractivity contribution is 0.596. The van der Waals surface area contributed by atoms with E-state index in [0.29, 0.717) is 0 Å². The molecular formula is C9H13F2N. The van der Waals surface area contributed by atoms with E-state index in [2.05, 4.69) is 0 Å². The molecule has 1 aromatic carbocycles. The molecule has 1 nitrogen and oxygen atoms in total. The van der Waals surface area contributed by atoms with Gasteiger partial charge in [-0.05, 0) is 18.6 Å². The smallest absolute Gasteiger partial charge is 0.146 e. The van der Waals surface area contributed by atoms with Gasteiger partial charge in [0.15, 0.2) is 0 Å². The van der Waals surface area contributed by atoms with Crippen LogP contribution in [0.15, 0.2) is 12.1 Å². The summed E-state index contributed by atoms with van der Waals surface area (Å²) in [6, 6.07) is 2.05. The van der Waals surface area contributed by atoms with Gasteiger partial charge >= 0.3 is 0 Å². The van der Waals surface area contributed by atoms with Crippen molar-refractivity contribution in [2.45, 2.75) is 20.8 Å². The molecule has 2 N–H and O–H groups in total. The zero-order valence-corrected chi connectivity index (χ0v) is 7.49. The van der Waals surface area contributed by atoms with E-state index in [1.807, 2.05) is 13.8 Å². The molecular weight excluding hydrogens is 160 g/mol. The number of hydrogen-bond acceptors (Lipinski definition) is 1. The third kappa shape index (κ3) is 2.49. The lowest BCUT2D eigenvalue weighted by Gasteiger charge is -1.98.